The number of nitrogens with zero attached hydrogens (tertiary/aromatic N) is 5. The van der Waals surface area contributed by atoms with Crippen LogP contribution in [-0.4, -0.2) is 30.9 Å². The van der Waals surface area contributed by atoms with Crippen LogP contribution in [0.5, 0.6) is 0 Å². The lowest BCUT2D eigenvalue weighted by Gasteiger charge is -2.16. The van der Waals surface area contributed by atoms with E-state index in [4.69, 9.17) is 9.98 Å². The molecule has 10 rings (SSSR count). The SMILES string of the molecule is N=C(N=C(Nn1c2ccccc2c2c1cnc1c3ccccc3n(-c3cccnc3)c12)c1cccc(-c2ccccc2)c1)c1cccc(-c2ccccc2)c1. The summed E-state index contributed by atoms with van der Waals surface area (Å²) < 4.78 is 4.32. The fourth-order valence-electron chi connectivity index (χ4n) is 7.60. The van der Waals surface area contributed by atoms with E-state index in [-0.39, 0.29) is 5.84 Å². The highest BCUT2D eigenvalue weighted by molar-refractivity contribution is 6.25. The number of fused-ring (bicyclic) bond motifs is 7. The molecular weight excluding hydrogens is 675 g/mol. The third kappa shape index (κ3) is 5.62. The molecule has 0 atom stereocenters. The molecule has 55 heavy (non-hydrogen) atoms. The van der Waals surface area contributed by atoms with Crippen LogP contribution < -0.4 is 5.43 Å². The normalized spacial score (nSPS) is 11.8. The molecule has 0 fully saturated rings. The number of hydrogen-bond donors (Lipinski definition) is 2. The van der Waals surface area contributed by atoms with Gasteiger partial charge < -0.3 is 4.57 Å². The molecule has 0 bridgehead atoms. The number of para-hydroxylation sites is 2. The predicted octanol–water partition coefficient (Wildman–Crippen LogP) is 11.0. The summed E-state index contributed by atoms with van der Waals surface area (Å²) in [4.78, 5) is 14.7. The van der Waals surface area contributed by atoms with E-state index in [2.05, 4.69) is 111 Å². The molecular formula is C48H33N7. The van der Waals surface area contributed by atoms with Crippen molar-refractivity contribution in [3.8, 4) is 27.9 Å². The van der Waals surface area contributed by atoms with Gasteiger partial charge in [-0.15, -0.1) is 0 Å². The maximum absolute atomic E-state index is 9.38. The molecule has 0 aliphatic rings. The van der Waals surface area contributed by atoms with Gasteiger partial charge in [-0.05, 0) is 58.7 Å². The highest BCUT2D eigenvalue weighted by atomic mass is 15.4. The Bertz CT molecular complexity index is 3070. The molecule has 7 nitrogen and oxygen atoms in total. The fraction of sp³-hybridized carbons (Fsp3) is 0. The highest BCUT2D eigenvalue weighted by Crippen LogP contribution is 2.39. The molecule has 0 spiro atoms. The molecule has 2 N–H and O–H groups in total. The summed E-state index contributed by atoms with van der Waals surface area (Å²) in [5.74, 6) is 0.673. The van der Waals surface area contributed by atoms with Gasteiger partial charge in [0.05, 0.1) is 45.7 Å². The van der Waals surface area contributed by atoms with Crippen molar-refractivity contribution in [1.29, 1.82) is 5.41 Å². The fourth-order valence-corrected chi connectivity index (χ4v) is 7.60. The second kappa shape index (κ2) is 13.4. The van der Waals surface area contributed by atoms with Crippen molar-refractivity contribution in [2.45, 2.75) is 0 Å². The number of nitrogens with one attached hydrogen (secondary N) is 2. The first-order valence-corrected chi connectivity index (χ1v) is 18.2. The van der Waals surface area contributed by atoms with Gasteiger partial charge in [0.15, 0.2) is 11.7 Å². The Balaban J connectivity index is 1.19. The molecule has 0 amide bonds. The molecule has 10 aromatic rings. The van der Waals surface area contributed by atoms with Crippen LogP contribution in [0.2, 0.25) is 0 Å². The van der Waals surface area contributed by atoms with E-state index in [1.54, 1.807) is 6.20 Å². The van der Waals surface area contributed by atoms with E-state index in [0.717, 1.165) is 77.2 Å². The molecule has 4 aromatic heterocycles. The minimum absolute atomic E-state index is 0.142. The summed E-state index contributed by atoms with van der Waals surface area (Å²) in [6.45, 7) is 0. The van der Waals surface area contributed by atoms with Crippen LogP contribution in [0.1, 0.15) is 11.1 Å². The Morgan fingerprint density at radius 2 is 1.16 bits per heavy atom. The molecule has 0 aliphatic heterocycles. The van der Waals surface area contributed by atoms with Gasteiger partial charge in [-0.2, -0.15) is 0 Å². The molecule has 260 valence electrons. The number of rotatable bonds is 6. The number of hydrogen-bond acceptors (Lipinski definition) is 3. The Hall–Kier alpha value is -7.64. The lowest BCUT2D eigenvalue weighted by molar-refractivity contribution is 1.07. The van der Waals surface area contributed by atoms with Crippen LogP contribution in [0, 0.1) is 5.41 Å². The topological polar surface area (TPSA) is 83.9 Å². The maximum Gasteiger partial charge on any atom is 0.154 e. The number of amidine groups is 2. The van der Waals surface area contributed by atoms with E-state index < -0.39 is 0 Å². The van der Waals surface area contributed by atoms with Gasteiger partial charge in [0.25, 0.3) is 0 Å². The number of aliphatic imine (C=N–C) groups is 1. The van der Waals surface area contributed by atoms with Crippen LogP contribution in [0.25, 0.3) is 71.7 Å². The minimum Gasteiger partial charge on any atom is -0.305 e. The Morgan fingerprint density at radius 1 is 0.545 bits per heavy atom. The quantitative estimate of drug-likeness (QED) is 0.133. The molecule has 4 heterocycles. The van der Waals surface area contributed by atoms with Crippen molar-refractivity contribution in [2.24, 2.45) is 4.99 Å². The Morgan fingerprint density at radius 3 is 1.87 bits per heavy atom. The van der Waals surface area contributed by atoms with Crippen LogP contribution >= 0.6 is 0 Å². The summed E-state index contributed by atoms with van der Waals surface area (Å²) in [6.07, 6.45) is 5.63. The average molecular weight is 708 g/mol. The average Bonchev–Trinajstić information content (AvgIpc) is 3.77. The van der Waals surface area contributed by atoms with Crippen molar-refractivity contribution in [3.63, 3.8) is 0 Å². The van der Waals surface area contributed by atoms with Gasteiger partial charge in [-0.25, -0.2) is 4.99 Å². The third-order valence-electron chi connectivity index (χ3n) is 10.1. The van der Waals surface area contributed by atoms with E-state index in [0.29, 0.717) is 11.4 Å². The summed E-state index contributed by atoms with van der Waals surface area (Å²) in [5.41, 5.74) is 15.3. The summed E-state index contributed by atoms with van der Waals surface area (Å²) >= 11 is 0. The lowest BCUT2D eigenvalue weighted by Crippen LogP contribution is -2.25. The van der Waals surface area contributed by atoms with E-state index in [9.17, 15) is 5.41 Å². The number of pyridine rings is 2. The van der Waals surface area contributed by atoms with Gasteiger partial charge in [0.2, 0.25) is 0 Å². The summed E-state index contributed by atoms with van der Waals surface area (Å²) in [7, 11) is 0. The van der Waals surface area contributed by atoms with E-state index in [1.165, 1.54) is 0 Å². The monoisotopic (exact) mass is 707 g/mol. The summed E-state index contributed by atoms with van der Waals surface area (Å²) in [6, 6.07) is 57.7. The third-order valence-corrected chi connectivity index (χ3v) is 10.1. The molecule has 0 radical (unpaired) electrons. The van der Waals surface area contributed by atoms with Gasteiger partial charge in [0, 0.05) is 33.5 Å². The van der Waals surface area contributed by atoms with Crippen LogP contribution in [-0.2, 0) is 0 Å². The van der Waals surface area contributed by atoms with Crippen LogP contribution in [0.4, 0.5) is 0 Å². The number of aromatic nitrogens is 4. The van der Waals surface area contributed by atoms with Crippen LogP contribution in [0.3, 0.4) is 0 Å². The Labute approximate surface area is 317 Å². The van der Waals surface area contributed by atoms with Gasteiger partial charge in [-0.3, -0.25) is 25.5 Å². The molecule has 0 unspecified atom stereocenters. The van der Waals surface area contributed by atoms with Crippen molar-refractivity contribution in [2.75, 3.05) is 5.43 Å². The van der Waals surface area contributed by atoms with Gasteiger partial charge in [0.1, 0.15) is 0 Å². The van der Waals surface area contributed by atoms with Crippen LogP contribution in [0.15, 0.2) is 193 Å². The van der Waals surface area contributed by atoms with Crippen molar-refractivity contribution >= 4 is 55.4 Å². The number of benzene rings is 6. The van der Waals surface area contributed by atoms with Crippen molar-refractivity contribution in [3.05, 3.63) is 200 Å². The zero-order chi connectivity index (χ0) is 36.7. The van der Waals surface area contributed by atoms with E-state index >= 15 is 0 Å². The highest BCUT2D eigenvalue weighted by Gasteiger charge is 2.22. The zero-order valence-electron chi connectivity index (χ0n) is 29.6. The lowest BCUT2D eigenvalue weighted by atomic mass is 10.0. The molecule has 7 heteroatoms. The van der Waals surface area contributed by atoms with Gasteiger partial charge >= 0.3 is 0 Å². The van der Waals surface area contributed by atoms with E-state index in [1.807, 2.05) is 91.3 Å². The van der Waals surface area contributed by atoms with Gasteiger partial charge in [-0.1, -0.05) is 133 Å². The molecule has 6 aromatic carbocycles. The first kappa shape index (κ1) is 32.0. The molecule has 0 saturated heterocycles. The second-order valence-corrected chi connectivity index (χ2v) is 13.4. The molecule has 0 saturated carbocycles. The predicted molar refractivity (Wildman–Crippen MR) is 226 cm³/mol. The first-order chi connectivity index (χ1) is 27.2. The standard InChI is InChI=1S/C48H33N7/c49-47(36-20-11-18-34(28-36)32-14-3-1-4-15-32)52-48(37-21-12-19-35(29-37)33-16-5-2-6-17-33)53-55-42-26-10-7-23-39(42)44-43(55)31-51-45-40-24-8-9-25-41(40)54(46(44)45)38-22-13-27-50-30-38/h1-31H,(H2,49,52,53). The largest absolute Gasteiger partial charge is 0.305 e. The maximum atomic E-state index is 9.38. The zero-order valence-corrected chi connectivity index (χ0v) is 29.6. The smallest absolute Gasteiger partial charge is 0.154 e. The Kier molecular flexibility index (Phi) is 7.81. The van der Waals surface area contributed by atoms with Crippen molar-refractivity contribution in [1.82, 2.24) is 19.2 Å². The second-order valence-electron chi connectivity index (χ2n) is 13.4. The molecule has 0 aliphatic carbocycles. The minimum atomic E-state index is 0.142. The summed E-state index contributed by atoms with van der Waals surface area (Å²) in [5, 5.41) is 12.6. The van der Waals surface area contributed by atoms with Crippen molar-refractivity contribution < 1.29 is 0 Å². The first-order valence-electron chi connectivity index (χ1n) is 18.2.